The third kappa shape index (κ3) is 4.49. The lowest BCUT2D eigenvalue weighted by Crippen LogP contribution is -2.36. The van der Waals surface area contributed by atoms with Gasteiger partial charge in [0.05, 0.1) is 13.2 Å². The number of halogens is 1. The van der Waals surface area contributed by atoms with Gasteiger partial charge in [-0.1, -0.05) is 19.9 Å². The predicted molar refractivity (Wildman–Crippen MR) is 77.2 cm³/mol. The summed E-state index contributed by atoms with van der Waals surface area (Å²) in [6.07, 6.45) is 0. The minimum atomic E-state index is -0.424. The smallest absolute Gasteiger partial charge is 0.224 e. The van der Waals surface area contributed by atoms with Crippen molar-refractivity contribution in [3.05, 3.63) is 29.6 Å². The number of carbonyl (C=O) groups excluding carboxylic acids is 1. The first-order valence-electron chi connectivity index (χ1n) is 6.84. The number of amides is 1. The fraction of sp³-hybridized carbons (Fsp3) is 0.533. The number of benzene rings is 1. The Labute approximate surface area is 119 Å². The molecule has 0 aliphatic heterocycles. The monoisotopic (exact) mass is 282 g/mol. The number of ether oxygens (including phenoxy) is 1. The molecule has 0 aliphatic carbocycles. The first kappa shape index (κ1) is 16.4. The van der Waals surface area contributed by atoms with E-state index in [-0.39, 0.29) is 23.6 Å². The van der Waals surface area contributed by atoms with Crippen molar-refractivity contribution >= 4 is 5.91 Å². The van der Waals surface area contributed by atoms with Crippen molar-refractivity contribution in [2.24, 2.45) is 5.92 Å². The van der Waals surface area contributed by atoms with Crippen LogP contribution in [0.5, 0.6) is 5.75 Å². The summed E-state index contributed by atoms with van der Waals surface area (Å²) >= 11 is 0. The Balaban J connectivity index is 2.64. The molecule has 1 amide bonds. The largest absolute Gasteiger partial charge is 0.494 e. The first-order valence-corrected chi connectivity index (χ1v) is 6.84. The highest BCUT2D eigenvalue weighted by atomic mass is 19.1. The van der Waals surface area contributed by atoms with Gasteiger partial charge in [-0.05, 0) is 31.2 Å². The summed E-state index contributed by atoms with van der Waals surface area (Å²) in [5.41, 5.74) is 0.715. The van der Waals surface area contributed by atoms with Crippen LogP contribution in [-0.2, 0) is 4.79 Å². The van der Waals surface area contributed by atoms with Crippen molar-refractivity contribution in [2.45, 2.75) is 26.8 Å². The lowest BCUT2D eigenvalue weighted by atomic mass is 10.1. The molecule has 0 aliphatic rings. The van der Waals surface area contributed by atoms with E-state index >= 15 is 0 Å². The van der Waals surface area contributed by atoms with Crippen LogP contribution in [0.4, 0.5) is 4.39 Å². The predicted octanol–water partition coefficient (Wildman–Crippen LogP) is 2.26. The molecule has 0 bridgehead atoms. The number of hydrogen-bond donors (Lipinski definition) is 2. The molecule has 0 saturated carbocycles. The van der Waals surface area contributed by atoms with Gasteiger partial charge in [0, 0.05) is 12.5 Å². The quantitative estimate of drug-likeness (QED) is 0.806. The van der Waals surface area contributed by atoms with Gasteiger partial charge in [0.15, 0.2) is 11.6 Å². The molecular weight excluding hydrogens is 259 g/mol. The maximum absolute atomic E-state index is 13.6. The molecule has 2 atom stereocenters. The lowest BCUT2D eigenvalue weighted by molar-refractivity contribution is -0.125. The van der Waals surface area contributed by atoms with E-state index in [9.17, 15) is 9.18 Å². The molecule has 0 heterocycles. The first-order chi connectivity index (χ1) is 9.49. The molecule has 1 aromatic carbocycles. The number of methoxy groups -OCH3 is 1. The molecular formula is C15H23FN2O2. The average Bonchev–Trinajstić information content (AvgIpc) is 2.44. The van der Waals surface area contributed by atoms with Gasteiger partial charge in [0.25, 0.3) is 0 Å². The molecule has 5 heteroatoms. The van der Waals surface area contributed by atoms with Crippen LogP contribution in [0.1, 0.15) is 32.4 Å². The van der Waals surface area contributed by atoms with Crippen LogP contribution in [0, 0.1) is 11.7 Å². The third-order valence-corrected chi connectivity index (χ3v) is 3.18. The highest BCUT2D eigenvalue weighted by Crippen LogP contribution is 2.21. The zero-order valence-electron chi connectivity index (χ0n) is 12.5. The molecule has 2 N–H and O–H groups in total. The number of hydrogen-bond acceptors (Lipinski definition) is 3. The summed E-state index contributed by atoms with van der Waals surface area (Å²) in [6, 6.07) is 4.46. The van der Waals surface area contributed by atoms with E-state index in [1.54, 1.807) is 12.1 Å². The fourth-order valence-electron chi connectivity index (χ4n) is 1.84. The standard InChI is InChI=1S/C15H23FN2O2/c1-5-17-9-10(2)15(19)18-11(3)12-6-7-14(20-4)13(16)8-12/h6-8,10-11,17H,5,9H2,1-4H3,(H,18,19). The molecule has 0 aromatic heterocycles. The van der Waals surface area contributed by atoms with Crippen LogP contribution in [0.3, 0.4) is 0 Å². The van der Waals surface area contributed by atoms with Crippen molar-refractivity contribution < 1.29 is 13.9 Å². The van der Waals surface area contributed by atoms with Crippen LogP contribution in [-0.4, -0.2) is 26.1 Å². The molecule has 1 aromatic rings. The zero-order valence-corrected chi connectivity index (χ0v) is 12.5. The molecule has 20 heavy (non-hydrogen) atoms. The summed E-state index contributed by atoms with van der Waals surface area (Å²) in [5, 5.41) is 6.01. The second kappa shape index (κ2) is 7.85. The maximum atomic E-state index is 13.6. The van der Waals surface area contributed by atoms with Gasteiger partial charge in [0.1, 0.15) is 0 Å². The Morgan fingerprint density at radius 1 is 1.40 bits per heavy atom. The second-order valence-corrected chi connectivity index (χ2v) is 4.83. The van der Waals surface area contributed by atoms with Gasteiger partial charge in [-0.2, -0.15) is 0 Å². The molecule has 112 valence electrons. The van der Waals surface area contributed by atoms with E-state index in [0.717, 1.165) is 6.54 Å². The summed E-state index contributed by atoms with van der Waals surface area (Å²) < 4.78 is 18.5. The van der Waals surface area contributed by atoms with E-state index in [1.807, 2.05) is 20.8 Å². The van der Waals surface area contributed by atoms with E-state index in [4.69, 9.17) is 4.74 Å². The van der Waals surface area contributed by atoms with Crippen molar-refractivity contribution in [1.29, 1.82) is 0 Å². The second-order valence-electron chi connectivity index (χ2n) is 4.83. The summed E-state index contributed by atoms with van der Waals surface area (Å²) in [4.78, 5) is 12.0. The highest BCUT2D eigenvalue weighted by molar-refractivity contribution is 5.78. The van der Waals surface area contributed by atoms with Gasteiger partial charge in [-0.3, -0.25) is 4.79 Å². The maximum Gasteiger partial charge on any atom is 0.224 e. The summed E-state index contributed by atoms with van der Waals surface area (Å²) in [6.45, 7) is 7.15. The van der Waals surface area contributed by atoms with E-state index in [2.05, 4.69) is 10.6 Å². The van der Waals surface area contributed by atoms with Crippen LogP contribution in [0.15, 0.2) is 18.2 Å². The molecule has 4 nitrogen and oxygen atoms in total. The Bertz CT molecular complexity index is 451. The number of carbonyl (C=O) groups is 1. The third-order valence-electron chi connectivity index (χ3n) is 3.18. The highest BCUT2D eigenvalue weighted by Gasteiger charge is 2.16. The minimum Gasteiger partial charge on any atom is -0.494 e. The number of nitrogens with one attached hydrogen (secondary N) is 2. The van der Waals surface area contributed by atoms with E-state index in [1.165, 1.54) is 13.2 Å². The Hall–Kier alpha value is -1.62. The molecule has 1 rings (SSSR count). The van der Waals surface area contributed by atoms with Gasteiger partial charge >= 0.3 is 0 Å². The summed E-state index contributed by atoms with van der Waals surface area (Å²) in [5.74, 6) is -0.394. The van der Waals surface area contributed by atoms with Crippen molar-refractivity contribution in [2.75, 3.05) is 20.2 Å². The minimum absolute atomic E-state index is 0.0466. The zero-order chi connectivity index (χ0) is 15.1. The molecule has 0 saturated heterocycles. The van der Waals surface area contributed by atoms with Crippen LogP contribution in [0.2, 0.25) is 0 Å². The summed E-state index contributed by atoms with van der Waals surface area (Å²) in [7, 11) is 1.42. The van der Waals surface area contributed by atoms with Crippen molar-refractivity contribution in [3.8, 4) is 5.75 Å². The Morgan fingerprint density at radius 2 is 2.10 bits per heavy atom. The Kier molecular flexibility index (Phi) is 6.45. The molecule has 0 spiro atoms. The van der Waals surface area contributed by atoms with Crippen molar-refractivity contribution in [3.63, 3.8) is 0 Å². The lowest BCUT2D eigenvalue weighted by Gasteiger charge is -2.18. The van der Waals surface area contributed by atoms with E-state index < -0.39 is 5.82 Å². The van der Waals surface area contributed by atoms with Crippen LogP contribution in [0.25, 0.3) is 0 Å². The van der Waals surface area contributed by atoms with Gasteiger partial charge in [-0.25, -0.2) is 4.39 Å². The van der Waals surface area contributed by atoms with Gasteiger partial charge in [-0.15, -0.1) is 0 Å². The molecule has 0 radical (unpaired) electrons. The SMILES string of the molecule is CCNCC(C)C(=O)NC(C)c1ccc(OC)c(F)c1. The van der Waals surface area contributed by atoms with E-state index in [0.29, 0.717) is 12.1 Å². The molecule has 2 unspecified atom stereocenters. The average molecular weight is 282 g/mol. The van der Waals surface area contributed by atoms with Crippen LogP contribution < -0.4 is 15.4 Å². The van der Waals surface area contributed by atoms with Gasteiger partial charge in [0.2, 0.25) is 5.91 Å². The van der Waals surface area contributed by atoms with Crippen LogP contribution >= 0.6 is 0 Å². The fourth-order valence-corrected chi connectivity index (χ4v) is 1.84. The normalized spacial score (nSPS) is 13.7. The Morgan fingerprint density at radius 3 is 2.65 bits per heavy atom. The topological polar surface area (TPSA) is 50.4 Å². The van der Waals surface area contributed by atoms with Crippen molar-refractivity contribution in [1.82, 2.24) is 10.6 Å². The molecule has 0 fully saturated rings. The van der Waals surface area contributed by atoms with Gasteiger partial charge < -0.3 is 15.4 Å². The number of rotatable bonds is 7.